The number of hydrogen-bond acceptors (Lipinski definition) is 13. The number of nitrogens with zero attached hydrogens (tertiary/aromatic N) is 6. The van der Waals surface area contributed by atoms with Gasteiger partial charge in [0.05, 0.1) is 23.1 Å². The number of carbonyl (C=O) groups excluding carboxylic acids is 2. The van der Waals surface area contributed by atoms with E-state index in [9.17, 15) is 14.9 Å². The molecule has 0 aliphatic heterocycles. The van der Waals surface area contributed by atoms with Crippen LogP contribution in [-0.2, 0) is 27.4 Å². The van der Waals surface area contributed by atoms with E-state index >= 15 is 0 Å². The lowest BCUT2D eigenvalue weighted by Gasteiger charge is -2.19. The standard InChI is InChI=1S/C32H33N9O5S/c1-32(2,3)46-29(42)21(15-33)13-25-38-23-10-9-22(14-24(23)47-25)41(4)11-12-44-31(43)35-16-19-5-7-20(8-6-19)17-45-28-26-27(37-18-36-26)39-30(34)40-28/h5-10,13-14,18H,11-12,16-17H2,1-4H3,(H,35,43)(H3,34,36,37,39,40)/b21-13+. The molecule has 0 saturated heterocycles. The molecule has 0 aliphatic carbocycles. The van der Waals surface area contributed by atoms with E-state index < -0.39 is 17.7 Å². The molecule has 0 aliphatic rings. The Morgan fingerprint density at radius 1 is 1.13 bits per heavy atom. The summed E-state index contributed by atoms with van der Waals surface area (Å²) in [4.78, 5) is 46.4. The third-order valence-corrected chi connectivity index (χ3v) is 7.56. The number of imidazole rings is 1. The van der Waals surface area contributed by atoms with Crippen LogP contribution in [-0.4, -0.2) is 62.8 Å². The number of nitrogens with one attached hydrogen (secondary N) is 2. The molecule has 2 aromatic carbocycles. The quantitative estimate of drug-likeness (QED) is 0.101. The van der Waals surface area contributed by atoms with E-state index in [-0.39, 0.29) is 24.7 Å². The molecule has 47 heavy (non-hydrogen) atoms. The van der Waals surface area contributed by atoms with Gasteiger partial charge < -0.3 is 35.1 Å². The monoisotopic (exact) mass is 655 g/mol. The number of fused-ring (bicyclic) bond motifs is 2. The number of thiazole rings is 1. The fourth-order valence-electron chi connectivity index (χ4n) is 4.28. The molecule has 242 valence electrons. The topological polar surface area (TPSA) is 194 Å². The predicted octanol–water partition coefficient (Wildman–Crippen LogP) is 4.74. The first kappa shape index (κ1) is 32.6. The maximum absolute atomic E-state index is 12.3. The van der Waals surface area contributed by atoms with E-state index in [1.165, 1.54) is 23.7 Å². The molecule has 4 N–H and O–H groups in total. The number of benzene rings is 2. The summed E-state index contributed by atoms with van der Waals surface area (Å²) < 4.78 is 17.4. The van der Waals surface area contributed by atoms with Crippen LogP contribution >= 0.6 is 11.3 Å². The van der Waals surface area contributed by atoms with Gasteiger partial charge in [-0.15, -0.1) is 11.3 Å². The van der Waals surface area contributed by atoms with Gasteiger partial charge >= 0.3 is 12.1 Å². The third kappa shape index (κ3) is 8.70. The summed E-state index contributed by atoms with van der Waals surface area (Å²) in [7, 11) is 1.89. The molecule has 0 atom stereocenters. The Kier molecular flexibility index (Phi) is 9.81. The Balaban J connectivity index is 1.07. The minimum Gasteiger partial charge on any atom is -0.471 e. The average molecular weight is 656 g/mol. The molecule has 0 unspecified atom stereocenters. The van der Waals surface area contributed by atoms with Crippen molar-refractivity contribution in [3.63, 3.8) is 0 Å². The van der Waals surface area contributed by atoms with Crippen molar-refractivity contribution in [1.29, 1.82) is 5.26 Å². The molecular weight excluding hydrogens is 622 g/mol. The zero-order chi connectivity index (χ0) is 33.6. The minimum absolute atomic E-state index is 0.0898. The summed E-state index contributed by atoms with van der Waals surface area (Å²) in [5.41, 5.74) is 9.35. The van der Waals surface area contributed by atoms with E-state index in [4.69, 9.17) is 19.9 Å². The molecule has 15 heteroatoms. The van der Waals surface area contributed by atoms with Crippen molar-refractivity contribution in [3.05, 3.63) is 70.5 Å². The number of anilines is 2. The van der Waals surface area contributed by atoms with Gasteiger partial charge in [-0.2, -0.15) is 15.2 Å². The summed E-state index contributed by atoms with van der Waals surface area (Å²) in [6.45, 7) is 6.41. The average Bonchev–Trinajstić information content (AvgIpc) is 3.67. The zero-order valence-electron chi connectivity index (χ0n) is 26.2. The van der Waals surface area contributed by atoms with E-state index in [2.05, 4.69) is 30.2 Å². The van der Waals surface area contributed by atoms with Crippen molar-refractivity contribution in [2.75, 3.05) is 30.8 Å². The van der Waals surface area contributed by atoms with Gasteiger partial charge in [0.1, 0.15) is 35.5 Å². The second kappa shape index (κ2) is 14.1. The maximum Gasteiger partial charge on any atom is 0.407 e. The first-order valence-corrected chi connectivity index (χ1v) is 15.3. The molecule has 0 bridgehead atoms. The molecular formula is C32H33N9O5S. The third-order valence-electron chi connectivity index (χ3n) is 6.60. The van der Waals surface area contributed by atoms with Crippen molar-refractivity contribution in [2.45, 2.75) is 39.5 Å². The molecule has 5 rings (SSSR count). The SMILES string of the molecule is CN(CCOC(=O)NCc1ccc(COc2nc(N)nc3[nH]cnc23)cc1)c1ccc2nc(/C=C(\C#N)C(=O)OC(C)(C)C)sc2c1. The Hall–Kier alpha value is -5.75. The highest BCUT2D eigenvalue weighted by atomic mass is 32.1. The van der Waals surface area contributed by atoms with Gasteiger partial charge in [0.15, 0.2) is 11.2 Å². The number of likely N-dealkylation sites (N-methyl/N-ethyl adjacent to an activating group) is 1. The van der Waals surface area contributed by atoms with Gasteiger partial charge in [0.2, 0.25) is 11.8 Å². The molecule has 3 heterocycles. The normalized spacial score (nSPS) is 11.7. The molecule has 0 spiro atoms. The Morgan fingerprint density at radius 2 is 1.89 bits per heavy atom. The van der Waals surface area contributed by atoms with Crippen molar-refractivity contribution in [3.8, 4) is 11.9 Å². The Labute approximate surface area is 274 Å². The fraction of sp³-hybridized carbons (Fsp3) is 0.281. The Bertz CT molecular complexity index is 1970. The van der Waals surface area contributed by atoms with Crippen molar-refractivity contribution >= 4 is 62.5 Å². The van der Waals surface area contributed by atoms with E-state index in [1.807, 2.05) is 60.5 Å². The number of carbonyl (C=O) groups is 2. The number of ether oxygens (including phenoxy) is 3. The highest BCUT2D eigenvalue weighted by Crippen LogP contribution is 2.28. The van der Waals surface area contributed by atoms with Gasteiger partial charge in [-0.25, -0.2) is 19.6 Å². The van der Waals surface area contributed by atoms with Crippen LogP contribution in [0.15, 0.2) is 54.4 Å². The zero-order valence-corrected chi connectivity index (χ0v) is 27.1. The minimum atomic E-state index is -0.709. The molecule has 0 fully saturated rings. The summed E-state index contributed by atoms with van der Waals surface area (Å²) in [5, 5.41) is 12.7. The molecule has 14 nitrogen and oxygen atoms in total. The first-order valence-electron chi connectivity index (χ1n) is 14.5. The van der Waals surface area contributed by atoms with E-state index in [0.29, 0.717) is 35.1 Å². The number of aromatic nitrogens is 5. The summed E-state index contributed by atoms with van der Waals surface area (Å²) in [6.07, 6.45) is 2.41. The van der Waals surface area contributed by atoms with Gasteiger partial charge in [-0.3, -0.25) is 0 Å². The van der Waals surface area contributed by atoms with Crippen molar-refractivity contribution < 1.29 is 23.8 Å². The van der Waals surface area contributed by atoms with Crippen molar-refractivity contribution in [2.24, 2.45) is 0 Å². The van der Waals surface area contributed by atoms with Crippen LogP contribution in [0.2, 0.25) is 0 Å². The number of aromatic amines is 1. The molecule has 0 saturated carbocycles. The van der Waals surface area contributed by atoms with Crippen LogP contribution in [0.25, 0.3) is 27.5 Å². The van der Waals surface area contributed by atoms with Crippen LogP contribution in [0.3, 0.4) is 0 Å². The molecule has 1 amide bonds. The van der Waals surface area contributed by atoms with Crippen LogP contribution in [0, 0.1) is 11.3 Å². The van der Waals surface area contributed by atoms with Crippen molar-refractivity contribution in [1.82, 2.24) is 30.2 Å². The molecule has 3 aromatic heterocycles. The number of nitrogen functional groups attached to an aromatic ring is 1. The largest absolute Gasteiger partial charge is 0.471 e. The highest BCUT2D eigenvalue weighted by molar-refractivity contribution is 7.19. The van der Waals surface area contributed by atoms with E-state index in [0.717, 1.165) is 27.0 Å². The molecule has 5 aromatic rings. The van der Waals surface area contributed by atoms with Gasteiger partial charge in [0, 0.05) is 19.3 Å². The first-order chi connectivity index (χ1) is 22.5. The lowest BCUT2D eigenvalue weighted by molar-refractivity contribution is -0.149. The van der Waals surface area contributed by atoms with Gasteiger partial charge in [-0.1, -0.05) is 24.3 Å². The van der Waals surface area contributed by atoms with Gasteiger partial charge in [0.25, 0.3) is 0 Å². The fourth-order valence-corrected chi connectivity index (χ4v) is 5.23. The lowest BCUT2D eigenvalue weighted by Crippen LogP contribution is -2.28. The van der Waals surface area contributed by atoms with Gasteiger partial charge in [-0.05, 0) is 56.2 Å². The van der Waals surface area contributed by atoms with E-state index in [1.54, 1.807) is 20.8 Å². The number of alkyl carbamates (subject to hydrolysis) is 1. The number of hydrogen-bond donors (Lipinski definition) is 3. The lowest BCUT2D eigenvalue weighted by atomic mass is 10.1. The second-order valence-corrected chi connectivity index (χ2v) is 12.4. The summed E-state index contributed by atoms with van der Waals surface area (Å²) >= 11 is 1.36. The van der Waals surface area contributed by atoms with Crippen LogP contribution < -0.4 is 20.7 Å². The number of nitriles is 1. The summed E-state index contributed by atoms with van der Waals surface area (Å²) in [5.74, 6) is -0.302. The summed E-state index contributed by atoms with van der Waals surface area (Å²) in [6, 6.07) is 15.2. The van der Waals surface area contributed by atoms with Crippen LogP contribution in [0.1, 0.15) is 36.9 Å². The number of H-pyrrole nitrogens is 1. The van der Waals surface area contributed by atoms with Crippen LogP contribution in [0.5, 0.6) is 5.88 Å². The second-order valence-electron chi connectivity index (χ2n) is 11.4. The predicted molar refractivity (Wildman–Crippen MR) is 177 cm³/mol. The smallest absolute Gasteiger partial charge is 0.407 e. The maximum atomic E-state index is 12.3. The molecule has 0 radical (unpaired) electrons. The number of nitrogens with two attached hydrogens (primary N) is 1. The number of amides is 1. The number of rotatable bonds is 11. The number of esters is 1. The Morgan fingerprint density at radius 3 is 2.64 bits per heavy atom. The highest BCUT2D eigenvalue weighted by Gasteiger charge is 2.20. The van der Waals surface area contributed by atoms with Crippen LogP contribution in [0.4, 0.5) is 16.4 Å².